The maximum atomic E-state index is 13.1. The lowest BCUT2D eigenvalue weighted by molar-refractivity contribution is -0.118. The Labute approximate surface area is 188 Å². The zero-order valence-electron chi connectivity index (χ0n) is 17.9. The molecule has 1 unspecified atom stereocenters. The number of hydrogen-bond donors (Lipinski definition) is 1. The Morgan fingerprint density at radius 1 is 1.16 bits per heavy atom. The van der Waals surface area contributed by atoms with Crippen LogP contribution < -0.4 is 5.32 Å². The number of benzene rings is 1. The Hall–Kier alpha value is -1.81. The average Bonchev–Trinajstić information content (AvgIpc) is 3.46. The van der Waals surface area contributed by atoms with Gasteiger partial charge in [0.05, 0.1) is 10.8 Å². The fourth-order valence-electron chi connectivity index (χ4n) is 4.50. The molecule has 0 spiro atoms. The fraction of sp³-hybridized carbons (Fsp3) is 0.545. The highest BCUT2D eigenvalue weighted by Gasteiger charge is 2.30. The number of nitrogens with zero attached hydrogens (tertiary/aromatic N) is 3. The van der Waals surface area contributed by atoms with Crippen LogP contribution in [0.5, 0.6) is 0 Å². The standard InChI is InChI=1S/C22H30N4O3S2/c1-25-11-13-26(14-12-25)31(28,29)19-8-6-18(7-9-19)20(16-17-4-2-3-5-17)21(27)24-22-23-10-15-30-22/h6-10,15,17,20H,2-5,11-14,16H2,1H3,(H,23,24,27). The van der Waals surface area contributed by atoms with E-state index >= 15 is 0 Å². The minimum absolute atomic E-state index is 0.0727. The van der Waals surface area contributed by atoms with Crippen molar-refractivity contribution in [1.82, 2.24) is 14.2 Å². The molecule has 1 amide bonds. The fourth-order valence-corrected chi connectivity index (χ4v) is 6.46. The van der Waals surface area contributed by atoms with Gasteiger partial charge >= 0.3 is 0 Å². The number of sulfonamides is 1. The van der Waals surface area contributed by atoms with Gasteiger partial charge < -0.3 is 10.2 Å². The normalized spacial score (nSPS) is 20.0. The first-order valence-electron chi connectivity index (χ1n) is 10.9. The van der Waals surface area contributed by atoms with Crippen molar-refractivity contribution in [1.29, 1.82) is 0 Å². The van der Waals surface area contributed by atoms with Crippen LogP contribution in [-0.4, -0.2) is 61.7 Å². The van der Waals surface area contributed by atoms with Crippen LogP contribution in [0.1, 0.15) is 43.6 Å². The molecule has 0 radical (unpaired) electrons. The Morgan fingerprint density at radius 3 is 2.45 bits per heavy atom. The highest BCUT2D eigenvalue weighted by atomic mass is 32.2. The Bertz CT molecular complexity index is 963. The molecule has 1 saturated heterocycles. The van der Waals surface area contributed by atoms with Gasteiger partial charge in [0.25, 0.3) is 0 Å². The quantitative estimate of drug-likeness (QED) is 0.682. The minimum atomic E-state index is -3.51. The molecule has 2 aromatic rings. The van der Waals surface area contributed by atoms with Crippen LogP contribution in [0.2, 0.25) is 0 Å². The molecule has 0 bridgehead atoms. The summed E-state index contributed by atoms with van der Waals surface area (Å²) in [6.07, 6.45) is 7.18. The summed E-state index contributed by atoms with van der Waals surface area (Å²) in [6.45, 7) is 2.47. The van der Waals surface area contributed by atoms with Gasteiger partial charge in [0.2, 0.25) is 15.9 Å². The number of piperazine rings is 1. The second-order valence-corrected chi connectivity index (χ2v) is 11.4. The van der Waals surface area contributed by atoms with Gasteiger partial charge in [-0.15, -0.1) is 11.3 Å². The van der Waals surface area contributed by atoms with E-state index in [0.29, 0.717) is 29.0 Å². The van der Waals surface area contributed by atoms with Gasteiger partial charge in [-0.25, -0.2) is 13.4 Å². The van der Waals surface area contributed by atoms with Gasteiger partial charge in [0.1, 0.15) is 0 Å². The van der Waals surface area contributed by atoms with E-state index in [-0.39, 0.29) is 11.8 Å². The molecular weight excluding hydrogens is 432 g/mol. The number of aromatic nitrogens is 1. The van der Waals surface area contributed by atoms with Crippen molar-refractivity contribution in [2.45, 2.75) is 42.9 Å². The predicted octanol–water partition coefficient (Wildman–Crippen LogP) is 3.38. The summed E-state index contributed by atoms with van der Waals surface area (Å²) in [7, 11) is -1.51. The molecule has 1 saturated carbocycles. The number of rotatable bonds is 7. The summed E-state index contributed by atoms with van der Waals surface area (Å²) < 4.78 is 27.6. The third-order valence-corrected chi connectivity index (χ3v) is 9.01. The van der Waals surface area contributed by atoms with Crippen molar-refractivity contribution >= 4 is 32.4 Å². The molecular formula is C22H30N4O3S2. The summed E-state index contributed by atoms with van der Waals surface area (Å²) >= 11 is 1.40. The Morgan fingerprint density at radius 2 is 1.84 bits per heavy atom. The maximum absolute atomic E-state index is 13.1. The smallest absolute Gasteiger partial charge is 0.243 e. The largest absolute Gasteiger partial charge is 0.304 e. The van der Waals surface area contributed by atoms with Gasteiger partial charge in [-0.05, 0) is 37.1 Å². The van der Waals surface area contributed by atoms with E-state index in [9.17, 15) is 13.2 Å². The molecule has 7 nitrogen and oxygen atoms in total. The zero-order chi connectivity index (χ0) is 21.8. The van der Waals surface area contributed by atoms with E-state index in [1.165, 1.54) is 24.2 Å². The lowest BCUT2D eigenvalue weighted by atomic mass is 9.87. The predicted molar refractivity (Wildman–Crippen MR) is 123 cm³/mol. The molecule has 168 valence electrons. The summed E-state index contributed by atoms with van der Waals surface area (Å²) in [5.41, 5.74) is 0.860. The topological polar surface area (TPSA) is 82.6 Å². The van der Waals surface area contributed by atoms with Crippen LogP contribution in [-0.2, 0) is 14.8 Å². The van der Waals surface area contributed by atoms with Crippen molar-refractivity contribution in [2.24, 2.45) is 5.92 Å². The molecule has 1 N–H and O–H groups in total. The third-order valence-electron chi connectivity index (χ3n) is 6.41. The molecule has 2 fully saturated rings. The number of nitrogens with one attached hydrogen (secondary N) is 1. The van der Waals surface area contributed by atoms with Gasteiger partial charge in [0.15, 0.2) is 5.13 Å². The second kappa shape index (κ2) is 9.77. The summed E-state index contributed by atoms with van der Waals surface area (Å²) in [5.74, 6) is 0.143. The van der Waals surface area contributed by atoms with Crippen LogP contribution in [0.3, 0.4) is 0 Å². The van der Waals surface area contributed by atoms with E-state index in [0.717, 1.165) is 37.9 Å². The van der Waals surface area contributed by atoms with Crippen molar-refractivity contribution in [2.75, 3.05) is 38.5 Å². The van der Waals surface area contributed by atoms with Crippen LogP contribution >= 0.6 is 11.3 Å². The van der Waals surface area contributed by atoms with E-state index in [1.807, 2.05) is 24.6 Å². The van der Waals surface area contributed by atoms with Gasteiger partial charge in [0, 0.05) is 37.8 Å². The summed E-state index contributed by atoms with van der Waals surface area (Å²) in [4.78, 5) is 19.7. The van der Waals surface area contributed by atoms with E-state index in [2.05, 4.69) is 15.2 Å². The first-order valence-corrected chi connectivity index (χ1v) is 13.2. The van der Waals surface area contributed by atoms with Crippen molar-refractivity contribution < 1.29 is 13.2 Å². The number of carbonyl (C=O) groups excluding carboxylic acids is 1. The van der Waals surface area contributed by atoms with Crippen LogP contribution in [0.15, 0.2) is 40.7 Å². The second-order valence-electron chi connectivity index (χ2n) is 8.54. The van der Waals surface area contributed by atoms with Gasteiger partial charge in [-0.3, -0.25) is 4.79 Å². The SMILES string of the molecule is CN1CCN(S(=O)(=O)c2ccc(C(CC3CCCC3)C(=O)Nc3nccs3)cc2)CC1. The highest BCUT2D eigenvalue weighted by molar-refractivity contribution is 7.89. The molecule has 9 heteroatoms. The van der Waals surface area contributed by atoms with Gasteiger partial charge in [-0.1, -0.05) is 37.8 Å². The molecule has 1 aliphatic heterocycles. The van der Waals surface area contributed by atoms with Gasteiger partial charge in [-0.2, -0.15) is 4.31 Å². The highest BCUT2D eigenvalue weighted by Crippen LogP contribution is 2.35. The van der Waals surface area contributed by atoms with E-state index in [4.69, 9.17) is 0 Å². The molecule has 1 aliphatic carbocycles. The number of likely N-dealkylation sites (N-methyl/N-ethyl adjacent to an activating group) is 1. The minimum Gasteiger partial charge on any atom is -0.304 e. The van der Waals surface area contributed by atoms with Crippen LogP contribution in [0, 0.1) is 5.92 Å². The van der Waals surface area contributed by atoms with Crippen molar-refractivity contribution in [3.63, 3.8) is 0 Å². The molecule has 2 heterocycles. The number of amides is 1. The summed E-state index contributed by atoms with van der Waals surface area (Å²) in [6, 6.07) is 6.93. The molecule has 1 atom stereocenters. The van der Waals surface area contributed by atoms with E-state index in [1.54, 1.807) is 22.6 Å². The Balaban J connectivity index is 1.53. The zero-order valence-corrected chi connectivity index (χ0v) is 19.5. The molecule has 1 aromatic carbocycles. The average molecular weight is 463 g/mol. The number of thiazole rings is 1. The van der Waals surface area contributed by atoms with Crippen molar-refractivity contribution in [3.8, 4) is 0 Å². The van der Waals surface area contributed by atoms with Crippen LogP contribution in [0.25, 0.3) is 0 Å². The number of carbonyl (C=O) groups is 1. The monoisotopic (exact) mass is 462 g/mol. The Kier molecular flexibility index (Phi) is 7.05. The first kappa shape index (κ1) is 22.4. The number of hydrogen-bond acceptors (Lipinski definition) is 6. The third kappa shape index (κ3) is 5.34. The van der Waals surface area contributed by atoms with E-state index < -0.39 is 10.0 Å². The molecule has 4 rings (SSSR count). The maximum Gasteiger partial charge on any atom is 0.243 e. The lowest BCUT2D eigenvalue weighted by Gasteiger charge is -2.31. The number of anilines is 1. The first-order chi connectivity index (χ1) is 14.9. The van der Waals surface area contributed by atoms with Crippen LogP contribution in [0.4, 0.5) is 5.13 Å². The molecule has 1 aromatic heterocycles. The van der Waals surface area contributed by atoms with Crippen molar-refractivity contribution in [3.05, 3.63) is 41.4 Å². The molecule has 2 aliphatic rings. The molecule has 31 heavy (non-hydrogen) atoms. The lowest BCUT2D eigenvalue weighted by Crippen LogP contribution is -2.47. The summed E-state index contributed by atoms with van der Waals surface area (Å²) in [5, 5.41) is 5.36.